The van der Waals surface area contributed by atoms with Gasteiger partial charge in [-0.3, -0.25) is 4.79 Å². The highest BCUT2D eigenvalue weighted by Gasteiger charge is 2.54. The fraction of sp³-hybridized carbons (Fsp3) is 0.913. The normalized spacial score (nSPS) is 29.0. The Kier molecular flexibility index (Phi) is 8.35. The van der Waals surface area contributed by atoms with Gasteiger partial charge in [0.05, 0.1) is 11.2 Å². The van der Waals surface area contributed by atoms with E-state index in [9.17, 15) is 23.1 Å². The second-order valence-electron chi connectivity index (χ2n) is 12.3. The van der Waals surface area contributed by atoms with Crippen molar-refractivity contribution in [3.63, 3.8) is 0 Å². The van der Waals surface area contributed by atoms with Crippen molar-refractivity contribution in [3.8, 4) is 0 Å². The maximum atomic E-state index is 13.4. The summed E-state index contributed by atoms with van der Waals surface area (Å²) in [5.74, 6) is -1.79. The average Bonchev–Trinajstić information content (AvgIpc) is 3.20. The highest BCUT2D eigenvalue weighted by molar-refractivity contribution is 7.86. The third-order valence-electron chi connectivity index (χ3n) is 7.83. The molecule has 14 heteroatoms. The number of ether oxygens (including phenoxy) is 1. The van der Waals surface area contributed by atoms with E-state index < -0.39 is 57.7 Å². The number of hydrogen-bond acceptors (Lipinski definition) is 8. The van der Waals surface area contributed by atoms with Crippen LogP contribution in [0.5, 0.6) is 0 Å². The van der Waals surface area contributed by atoms with Gasteiger partial charge in [-0.05, 0) is 61.2 Å². The molecule has 0 radical (unpaired) electrons. The van der Waals surface area contributed by atoms with Crippen molar-refractivity contribution in [1.29, 1.82) is 0 Å². The second-order valence-corrected chi connectivity index (χ2v) is 14.3. The number of carboxylic acid groups (broad SMARTS) is 1. The van der Waals surface area contributed by atoms with E-state index in [1.54, 1.807) is 20.8 Å². The molecule has 2 atom stereocenters. The monoisotopic (exact) mass is 546 g/mol. The Bertz CT molecular complexity index is 962. The Morgan fingerprint density at radius 1 is 1.05 bits per heavy atom. The van der Waals surface area contributed by atoms with Crippen LogP contribution in [0, 0.1) is 5.92 Å². The number of carboxylic acids is 1. The summed E-state index contributed by atoms with van der Waals surface area (Å²) >= 11 is 0. The van der Waals surface area contributed by atoms with E-state index in [0.29, 0.717) is 19.2 Å². The third kappa shape index (κ3) is 6.42. The van der Waals surface area contributed by atoms with Crippen molar-refractivity contribution in [2.24, 2.45) is 11.7 Å². The first-order valence-electron chi connectivity index (χ1n) is 12.9. The molecule has 0 bridgehead atoms. The highest BCUT2D eigenvalue weighted by Crippen LogP contribution is 2.39. The zero-order valence-corrected chi connectivity index (χ0v) is 24.0. The molecule has 3 aliphatic rings. The maximum absolute atomic E-state index is 13.4. The van der Waals surface area contributed by atoms with Gasteiger partial charge in [-0.15, -0.1) is 0 Å². The molecule has 3 rings (SSSR count). The summed E-state index contributed by atoms with van der Waals surface area (Å²) in [5.41, 5.74) is 3.06. The first-order valence-corrected chi connectivity index (χ1v) is 14.3. The largest absolute Gasteiger partial charge is 0.480 e. The molecule has 0 aromatic carbocycles. The molecule has 3 saturated heterocycles. The van der Waals surface area contributed by atoms with Crippen molar-refractivity contribution in [3.05, 3.63) is 0 Å². The second kappa shape index (κ2) is 10.3. The van der Waals surface area contributed by atoms with Crippen molar-refractivity contribution >= 4 is 29.4 Å². The van der Waals surface area contributed by atoms with E-state index in [1.165, 1.54) is 13.5 Å². The van der Waals surface area contributed by atoms with Crippen LogP contribution in [0.3, 0.4) is 0 Å². The van der Waals surface area contributed by atoms with Crippen LogP contribution in [0.1, 0.15) is 61.3 Å². The number of rotatable bonds is 7. The highest BCUT2D eigenvalue weighted by atomic mass is 32.2. The number of nitrogens with two attached hydrogens (primary N) is 1. The van der Waals surface area contributed by atoms with Gasteiger partial charge in [-0.25, -0.2) is 4.79 Å². The third-order valence-corrected chi connectivity index (χ3v) is 9.77. The van der Waals surface area contributed by atoms with Gasteiger partial charge < -0.3 is 29.8 Å². The van der Waals surface area contributed by atoms with E-state index in [1.807, 2.05) is 27.7 Å². The molecule has 0 aliphatic carbocycles. The summed E-state index contributed by atoms with van der Waals surface area (Å²) in [7, 11) is -4.37. The molecule has 3 heterocycles. The van der Waals surface area contributed by atoms with E-state index in [0.717, 1.165) is 0 Å². The number of aliphatic carboxylic acids is 1. The van der Waals surface area contributed by atoms with Gasteiger partial charge in [0, 0.05) is 45.2 Å². The predicted molar refractivity (Wildman–Crippen MR) is 138 cm³/mol. The Morgan fingerprint density at radius 3 is 2.08 bits per heavy atom. The molecule has 0 aromatic heterocycles. The number of carbonyl (C=O) groups excluding carboxylic acids is 1. The molecular formula is C23H43BN4O8S. The minimum Gasteiger partial charge on any atom is -0.480 e. The fourth-order valence-corrected chi connectivity index (χ4v) is 6.56. The average molecular weight is 546 g/mol. The minimum absolute atomic E-state index is 0.0147. The van der Waals surface area contributed by atoms with Crippen LogP contribution in [0.2, 0.25) is 6.32 Å². The number of nitrogens with zero attached hydrogens (tertiary/aromatic N) is 3. The molecule has 1 amide bonds. The molecule has 212 valence electrons. The molecular weight excluding hydrogens is 503 g/mol. The summed E-state index contributed by atoms with van der Waals surface area (Å²) in [4.78, 5) is 25.9. The van der Waals surface area contributed by atoms with Crippen LogP contribution in [0.25, 0.3) is 0 Å². The van der Waals surface area contributed by atoms with E-state index in [4.69, 9.17) is 19.8 Å². The Hall–Kier alpha value is -1.45. The molecule has 3 aliphatic heterocycles. The Labute approximate surface area is 221 Å². The van der Waals surface area contributed by atoms with Crippen LogP contribution in [0.15, 0.2) is 0 Å². The van der Waals surface area contributed by atoms with Crippen molar-refractivity contribution < 1.29 is 37.2 Å². The van der Waals surface area contributed by atoms with Gasteiger partial charge in [0.25, 0.3) is 10.2 Å². The van der Waals surface area contributed by atoms with E-state index in [2.05, 4.69) is 0 Å². The lowest BCUT2D eigenvalue weighted by Crippen LogP contribution is -2.57. The van der Waals surface area contributed by atoms with Crippen LogP contribution in [-0.2, 0) is 29.0 Å². The van der Waals surface area contributed by atoms with Crippen molar-refractivity contribution in [2.75, 3.05) is 39.3 Å². The fourth-order valence-electron chi connectivity index (χ4n) is 4.87. The van der Waals surface area contributed by atoms with Gasteiger partial charge in [0.15, 0.2) is 0 Å². The topological polar surface area (TPSA) is 152 Å². The lowest BCUT2D eigenvalue weighted by molar-refractivity contribution is -0.144. The molecule has 3 fully saturated rings. The Morgan fingerprint density at radius 2 is 1.59 bits per heavy atom. The van der Waals surface area contributed by atoms with Gasteiger partial charge in [-0.1, -0.05) is 6.42 Å². The lowest BCUT2D eigenvalue weighted by Gasteiger charge is -2.36. The first-order chi connectivity index (χ1) is 16.8. The molecule has 0 unspecified atom stereocenters. The van der Waals surface area contributed by atoms with Gasteiger partial charge in [0.2, 0.25) is 0 Å². The van der Waals surface area contributed by atoms with Gasteiger partial charge in [-0.2, -0.15) is 17.0 Å². The summed E-state index contributed by atoms with van der Waals surface area (Å²) in [6.45, 7) is 13.4. The number of carbonyl (C=O) groups is 2. The molecule has 0 aromatic rings. The van der Waals surface area contributed by atoms with Crippen LogP contribution < -0.4 is 5.73 Å². The Balaban J connectivity index is 1.60. The quantitative estimate of drug-likeness (QED) is 0.451. The van der Waals surface area contributed by atoms with Crippen LogP contribution in [-0.4, -0.2) is 108 Å². The predicted octanol–water partition coefficient (Wildman–Crippen LogP) is 1.37. The summed E-state index contributed by atoms with van der Waals surface area (Å²) in [6.07, 6.45) is 1.07. The molecule has 3 N–H and O–H groups in total. The van der Waals surface area contributed by atoms with Gasteiger partial charge in [0.1, 0.15) is 11.1 Å². The van der Waals surface area contributed by atoms with Gasteiger partial charge >= 0.3 is 19.2 Å². The first kappa shape index (κ1) is 30.1. The smallest absolute Gasteiger partial charge is 0.457 e. The van der Waals surface area contributed by atoms with Crippen LogP contribution >= 0.6 is 0 Å². The summed E-state index contributed by atoms with van der Waals surface area (Å²) in [6, 6.07) is 0. The standard InChI is InChI=1S/C23H43BN4O8S/c1-20(2,3)34-19(31)26-11-13-27(14-12-26)37(32,33)28-15-17(23(25,16-28)18(29)30)9-8-10-24-35-21(4,5)22(6,7)36-24/h17H,8-16,25H2,1-7H3,(H,29,30)/t17-,23-/m1/s1. The molecule has 0 saturated carbocycles. The molecule has 37 heavy (non-hydrogen) atoms. The summed E-state index contributed by atoms with van der Waals surface area (Å²) < 4.78 is 46.7. The van der Waals surface area contributed by atoms with E-state index >= 15 is 0 Å². The van der Waals surface area contributed by atoms with Crippen molar-refractivity contribution in [1.82, 2.24) is 13.5 Å². The SMILES string of the molecule is CC(C)(C)OC(=O)N1CCN(S(=O)(=O)N2C[C@@H](CCCB3OC(C)(C)C(C)(C)O3)[C@@](N)(C(=O)O)C2)CC1. The lowest BCUT2D eigenvalue weighted by atomic mass is 9.78. The number of piperazine rings is 1. The van der Waals surface area contributed by atoms with E-state index in [-0.39, 0.29) is 39.3 Å². The molecule has 12 nitrogen and oxygen atoms in total. The summed E-state index contributed by atoms with van der Waals surface area (Å²) in [5, 5.41) is 9.91. The number of amides is 1. The number of hydrogen-bond donors (Lipinski definition) is 2. The zero-order chi connectivity index (χ0) is 28.0. The van der Waals surface area contributed by atoms with Crippen molar-refractivity contribution in [2.45, 2.75) is 90.0 Å². The maximum Gasteiger partial charge on any atom is 0.457 e. The van der Waals surface area contributed by atoms with Crippen LogP contribution in [0.4, 0.5) is 4.79 Å². The zero-order valence-electron chi connectivity index (χ0n) is 23.2. The minimum atomic E-state index is -3.96. The molecule has 0 spiro atoms.